The molecule has 1 spiro atoms. The van der Waals surface area contributed by atoms with Crippen molar-refractivity contribution in [3.05, 3.63) is 12.3 Å². The van der Waals surface area contributed by atoms with Gasteiger partial charge in [-0.15, -0.1) is 0 Å². The molecule has 0 aromatic rings. The van der Waals surface area contributed by atoms with Crippen LogP contribution >= 0.6 is 0 Å². The second-order valence-electron chi connectivity index (χ2n) is 4.71. The van der Waals surface area contributed by atoms with Gasteiger partial charge in [0.05, 0.1) is 5.54 Å². The van der Waals surface area contributed by atoms with Gasteiger partial charge < -0.3 is 10.6 Å². The molecule has 1 saturated carbocycles. The van der Waals surface area contributed by atoms with Gasteiger partial charge in [-0.25, -0.2) is 0 Å². The van der Waals surface area contributed by atoms with Crippen LogP contribution in [0.15, 0.2) is 12.3 Å². The van der Waals surface area contributed by atoms with Crippen molar-refractivity contribution >= 4 is 0 Å². The first-order chi connectivity index (χ1) is 6.42. The Morgan fingerprint density at radius 1 is 1.31 bits per heavy atom. The SMILES string of the molecule is C1=CNC23CCNC2CCCC3C1. The van der Waals surface area contributed by atoms with E-state index in [0.717, 1.165) is 12.0 Å². The van der Waals surface area contributed by atoms with Gasteiger partial charge in [0.25, 0.3) is 0 Å². The molecule has 3 rings (SSSR count). The zero-order valence-electron chi connectivity index (χ0n) is 8.05. The highest BCUT2D eigenvalue weighted by atomic mass is 15.1. The lowest BCUT2D eigenvalue weighted by molar-refractivity contribution is 0.138. The molecule has 2 aliphatic heterocycles. The van der Waals surface area contributed by atoms with Crippen molar-refractivity contribution in [3.8, 4) is 0 Å². The van der Waals surface area contributed by atoms with E-state index < -0.39 is 0 Å². The van der Waals surface area contributed by atoms with Crippen LogP contribution in [-0.4, -0.2) is 18.1 Å². The van der Waals surface area contributed by atoms with Crippen LogP contribution in [0, 0.1) is 5.92 Å². The molecule has 0 aromatic heterocycles. The lowest BCUT2D eigenvalue weighted by Gasteiger charge is -2.47. The highest BCUT2D eigenvalue weighted by Gasteiger charge is 2.50. The predicted molar refractivity (Wildman–Crippen MR) is 53.4 cm³/mol. The third-order valence-electron chi connectivity index (χ3n) is 4.22. The largest absolute Gasteiger partial charge is 0.384 e. The van der Waals surface area contributed by atoms with Crippen molar-refractivity contribution in [3.63, 3.8) is 0 Å². The Morgan fingerprint density at radius 2 is 2.31 bits per heavy atom. The summed E-state index contributed by atoms with van der Waals surface area (Å²) in [6, 6.07) is 0.746. The maximum atomic E-state index is 3.65. The first kappa shape index (κ1) is 7.86. The van der Waals surface area contributed by atoms with Crippen molar-refractivity contribution in [2.24, 2.45) is 5.92 Å². The molecule has 0 radical (unpaired) electrons. The fourth-order valence-corrected chi connectivity index (χ4v) is 3.55. The van der Waals surface area contributed by atoms with Gasteiger partial charge in [-0.3, -0.25) is 0 Å². The van der Waals surface area contributed by atoms with Gasteiger partial charge in [0.15, 0.2) is 0 Å². The number of rotatable bonds is 0. The minimum atomic E-state index is 0.438. The summed E-state index contributed by atoms with van der Waals surface area (Å²) in [5, 5.41) is 7.31. The average Bonchev–Trinajstić information content (AvgIpc) is 2.58. The molecule has 2 nitrogen and oxygen atoms in total. The normalized spacial score (nSPS) is 48.0. The molecule has 13 heavy (non-hydrogen) atoms. The van der Waals surface area contributed by atoms with E-state index in [-0.39, 0.29) is 0 Å². The molecule has 0 aromatic carbocycles. The van der Waals surface area contributed by atoms with Gasteiger partial charge in [0.2, 0.25) is 0 Å². The molecule has 0 bridgehead atoms. The zero-order valence-corrected chi connectivity index (χ0v) is 8.05. The number of nitrogens with one attached hydrogen (secondary N) is 2. The Hall–Kier alpha value is -0.500. The number of allylic oxidation sites excluding steroid dienone is 1. The van der Waals surface area contributed by atoms with Crippen molar-refractivity contribution in [2.75, 3.05) is 6.54 Å². The highest BCUT2D eigenvalue weighted by Crippen LogP contribution is 2.42. The molecular formula is C11H18N2. The van der Waals surface area contributed by atoms with Crippen LogP contribution in [0.4, 0.5) is 0 Å². The van der Waals surface area contributed by atoms with Crippen LogP contribution < -0.4 is 10.6 Å². The highest BCUT2D eigenvalue weighted by molar-refractivity contribution is 5.15. The average molecular weight is 178 g/mol. The third-order valence-corrected chi connectivity index (χ3v) is 4.22. The molecular weight excluding hydrogens is 160 g/mol. The van der Waals surface area contributed by atoms with Crippen molar-refractivity contribution in [2.45, 2.75) is 43.7 Å². The topological polar surface area (TPSA) is 24.1 Å². The summed E-state index contributed by atoms with van der Waals surface area (Å²) < 4.78 is 0. The van der Waals surface area contributed by atoms with Gasteiger partial charge in [0, 0.05) is 6.04 Å². The van der Waals surface area contributed by atoms with Crippen molar-refractivity contribution < 1.29 is 0 Å². The molecule has 2 N–H and O–H groups in total. The minimum absolute atomic E-state index is 0.438. The molecule has 72 valence electrons. The van der Waals surface area contributed by atoms with Crippen LogP contribution in [0.1, 0.15) is 32.1 Å². The van der Waals surface area contributed by atoms with E-state index in [9.17, 15) is 0 Å². The molecule has 3 aliphatic rings. The lowest BCUT2D eigenvalue weighted by Crippen LogP contribution is -2.60. The van der Waals surface area contributed by atoms with Crippen LogP contribution in [0.25, 0.3) is 0 Å². The number of hydrogen-bond donors (Lipinski definition) is 2. The van der Waals surface area contributed by atoms with Gasteiger partial charge in [0.1, 0.15) is 0 Å². The Labute approximate surface area is 79.8 Å². The second kappa shape index (κ2) is 2.74. The Kier molecular flexibility index (Phi) is 1.66. The summed E-state index contributed by atoms with van der Waals surface area (Å²) >= 11 is 0. The standard InChI is InChI=1S/C11H18N2/c1-3-9-4-2-7-13-11(9)6-8-12-10(11)5-1/h2,7,9-10,12-13H,1,3-6,8H2. The number of hydrogen-bond acceptors (Lipinski definition) is 2. The van der Waals surface area contributed by atoms with Crippen molar-refractivity contribution in [1.82, 2.24) is 10.6 Å². The summed E-state index contributed by atoms with van der Waals surface area (Å²) in [5.74, 6) is 0.895. The van der Waals surface area contributed by atoms with Crippen molar-refractivity contribution in [1.29, 1.82) is 0 Å². The summed E-state index contributed by atoms with van der Waals surface area (Å²) in [6.07, 6.45) is 11.3. The molecule has 1 saturated heterocycles. The van der Waals surface area contributed by atoms with Gasteiger partial charge in [-0.05, 0) is 44.3 Å². The fraction of sp³-hybridized carbons (Fsp3) is 0.818. The monoisotopic (exact) mass is 178 g/mol. The van der Waals surface area contributed by atoms with Gasteiger partial charge in [-0.1, -0.05) is 12.5 Å². The van der Waals surface area contributed by atoms with Crippen LogP contribution in [0.2, 0.25) is 0 Å². The summed E-state index contributed by atoms with van der Waals surface area (Å²) in [7, 11) is 0. The first-order valence-corrected chi connectivity index (χ1v) is 5.58. The quantitative estimate of drug-likeness (QED) is 0.586. The minimum Gasteiger partial charge on any atom is -0.384 e. The zero-order chi connectivity index (χ0) is 8.73. The Balaban J connectivity index is 1.95. The molecule has 3 atom stereocenters. The van der Waals surface area contributed by atoms with E-state index >= 15 is 0 Å². The van der Waals surface area contributed by atoms with Crippen LogP contribution in [0.5, 0.6) is 0 Å². The van der Waals surface area contributed by atoms with E-state index in [1.807, 2.05) is 0 Å². The van der Waals surface area contributed by atoms with Crippen LogP contribution in [-0.2, 0) is 0 Å². The summed E-state index contributed by atoms with van der Waals surface area (Å²) in [4.78, 5) is 0. The van der Waals surface area contributed by atoms with Crippen LogP contribution in [0.3, 0.4) is 0 Å². The fourth-order valence-electron chi connectivity index (χ4n) is 3.55. The second-order valence-corrected chi connectivity index (χ2v) is 4.71. The van der Waals surface area contributed by atoms with E-state index in [1.54, 1.807) is 0 Å². The molecule has 2 heterocycles. The molecule has 2 heteroatoms. The van der Waals surface area contributed by atoms with E-state index in [4.69, 9.17) is 0 Å². The smallest absolute Gasteiger partial charge is 0.0563 e. The predicted octanol–water partition coefficient (Wildman–Crippen LogP) is 1.39. The Morgan fingerprint density at radius 3 is 3.31 bits per heavy atom. The maximum Gasteiger partial charge on any atom is 0.0563 e. The van der Waals surface area contributed by atoms with E-state index in [2.05, 4.69) is 22.9 Å². The summed E-state index contributed by atoms with van der Waals surface area (Å²) in [6.45, 7) is 1.21. The van der Waals surface area contributed by atoms with E-state index in [0.29, 0.717) is 5.54 Å². The van der Waals surface area contributed by atoms with Gasteiger partial charge >= 0.3 is 0 Å². The Bertz CT molecular complexity index is 236. The first-order valence-electron chi connectivity index (χ1n) is 5.58. The molecule has 1 aliphatic carbocycles. The summed E-state index contributed by atoms with van der Waals surface area (Å²) in [5.41, 5.74) is 0.438. The molecule has 0 amide bonds. The molecule has 2 fully saturated rings. The van der Waals surface area contributed by atoms with E-state index in [1.165, 1.54) is 38.6 Å². The molecule has 3 unspecified atom stereocenters. The maximum absolute atomic E-state index is 3.65. The third kappa shape index (κ3) is 0.983. The lowest BCUT2D eigenvalue weighted by atomic mass is 9.67. The van der Waals surface area contributed by atoms with Gasteiger partial charge in [-0.2, -0.15) is 0 Å².